The first-order valence-corrected chi connectivity index (χ1v) is 9.65. The summed E-state index contributed by atoms with van der Waals surface area (Å²) in [6.07, 6.45) is -0.245. The van der Waals surface area contributed by atoms with Crippen LogP contribution in [-0.2, 0) is 4.74 Å². The van der Waals surface area contributed by atoms with Crippen molar-refractivity contribution in [2.75, 3.05) is 13.2 Å². The van der Waals surface area contributed by atoms with Crippen LogP contribution in [0.4, 0.5) is 9.18 Å². The second kappa shape index (κ2) is 8.45. The first-order valence-electron chi connectivity index (χ1n) is 9.65. The van der Waals surface area contributed by atoms with E-state index in [0.717, 1.165) is 11.1 Å². The minimum absolute atomic E-state index is 0.0183. The molecule has 148 valence electrons. The Kier molecular flexibility index (Phi) is 5.58. The van der Waals surface area contributed by atoms with Crippen LogP contribution >= 0.6 is 0 Å². The Balaban J connectivity index is 1.46. The number of benzene rings is 3. The van der Waals surface area contributed by atoms with Crippen molar-refractivity contribution in [2.24, 2.45) is 0 Å². The second-order valence-electron chi connectivity index (χ2n) is 7.09. The van der Waals surface area contributed by atoms with Gasteiger partial charge in [0.05, 0.1) is 6.04 Å². The molecule has 3 aromatic carbocycles. The molecule has 5 heteroatoms. The van der Waals surface area contributed by atoms with E-state index in [1.54, 1.807) is 12.1 Å². The number of carbonyl (C=O) groups excluding carboxylic acids is 1. The molecule has 1 amide bonds. The monoisotopic (exact) mass is 391 g/mol. The highest BCUT2D eigenvalue weighted by Crippen LogP contribution is 2.44. The van der Waals surface area contributed by atoms with Crippen molar-refractivity contribution in [2.45, 2.75) is 18.4 Å². The Morgan fingerprint density at radius 2 is 1.55 bits per heavy atom. The molecule has 1 unspecified atom stereocenters. The van der Waals surface area contributed by atoms with Crippen molar-refractivity contribution in [3.05, 3.63) is 95.3 Å². The number of hydrogen-bond acceptors (Lipinski definition) is 3. The van der Waals surface area contributed by atoms with E-state index in [9.17, 15) is 14.3 Å². The zero-order valence-electron chi connectivity index (χ0n) is 15.8. The average Bonchev–Trinajstić information content (AvgIpc) is 3.06. The smallest absolute Gasteiger partial charge is 0.407 e. The summed E-state index contributed by atoms with van der Waals surface area (Å²) in [5, 5.41) is 12.1. The number of halogens is 1. The average molecular weight is 391 g/mol. The lowest BCUT2D eigenvalue weighted by Crippen LogP contribution is -2.31. The molecule has 1 aliphatic rings. The number of aliphatic hydroxyl groups is 1. The second-order valence-corrected chi connectivity index (χ2v) is 7.09. The van der Waals surface area contributed by atoms with Crippen molar-refractivity contribution in [1.29, 1.82) is 0 Å². The number of fused-ring (bicyclic) bond motifs is 3. The van der Waals surface area contributed by atoms with Gasteiger partial charge in [0.1, 0.15) is 12.4 Å². The zero-order valence-corrected chi connectivity index (χ0v) is 15.8. The molecule has 0 saturated carbocycles. The van der Waals surface area contributed by atoms with Gasteiger partial charge in [-0.1, -0.05) is 60.7 Å². The molecule has 0 heterocycles. The van der Waals surface area contributed by atoms with Crippen LogP contribution in [0.5, 0.6) is 0 Å². The van der Waals surface area contributed by atoms with Gasteiger partial charge in [-0.25, -0.2) is 9.18 Å². The van der Waals surface area contributed by atoms with Gasteiger partial charge in [0.25, 0.3) is 0 Å². The molecule has 2 N–H and O–H groups in total. The van der Waals surface area contributed by atoms with Crippen LogP contribution in [0.25, 0.3) is 11.1 Å². The summed E-state index contributed by atoms with van der Waals surface area (Å²) in [7, 11) is 0. The maximum Gasteiger partial charge on any atom is 0.407 e. The third kappa shape index (κ3) is 4.00. The molecule has 4 nitrogen and oxygen atoms in total. The van der Waals surface area contributed by atoms with E-state index in [1.165, 1.54) is 23.3 Å². The summed E-state index contributed by atoms with van der Waals surface area (Å²) in [6, 6.07) is 21.7. The summed E-state index contributed by atoms with van der Waals surface area (Å²) in [5.74, 6) is -0.368. The van der Waals surface area contributed by atoms with Gasteiger partial charge in [-0.05, 0) is 46.4 Å². The van der Waals surface area contributed by atoms with E-state index in [2.05, 4.69) is 29.6 Å². The molecular formula is C24H22FNO3. The fourth-order valence-electron chi connectivity index (χ4n) is 3.93. The molecule has 0 aromatic heterocycles. The highest BCUT2D eigenvalue weighted by atomic mass is 19.1. The van der Waals surface area contributed by atoms with E-state index in [1.807, 2.05) is 24.3 Å². The van der Waals surface area contributed by atoms with Crippen LogP contribution < -0.4 is 5.32 Å². The summed E-state index contributed by atoms with van der Waals surface area (Å²) in [5.41, 5.74) is 5.34. The van der Waals surface area contributed by atoms with E-state index in [-0.39, 0.29) is 24.9 Å². The molecule has 0 fully saturated rings. The molecule has 0 radical (unpaired) electrons. The number of amides is 1. The number of ether oxygens (including phenoxy) is 1. The Bertz CT molecular complexity index is 958. The van der Waals surface area contributed by atoms with E-state index < -0.39 is 12.1 Å². The van der Waals surface area contributed by atoms with Crippen LogP contribution in [0.15, 0.2) is 72.8 Å². The van der Waals surface area contributed by atoms with Crippen molar-refractivity contribution < 1.29 is 19.0 Å². The lowest BCUT2D eigenvalue weighted by atomic mass is 9.98. The van der Waals surface area contributed by atoms with Gasteiger partial charge in [0, 0.05) is 12.5 Å². The number of aliphatic hydroxyl groups excluding tert-OH is 1. The molecule has 0 aliphatic heterocycles. The Labute approximate surface area is 169 Å². The van der Waals surface area contributed by atoms with Crippen molar-refractivity contribution >= 4 is 6.09 Å². The minimum Gasteiger partial charge on any atom is -0.449 e. The number of rotatable bonds is 6. The molecule has 3 aromatic rings. The topological polar surface area (TPSA) is 58.6 Å². The number of carbonyl (C=O) groups is 1. The predicted molar refractivity (Wildman–Crippen MR) is 109 cm³/mol. The van der Waals surface area contributed by atoms with Crippen molar-refractivity contribution in [1.82, 2.24) is 5.32 Å². The molecule has 0 bridgehead atoms. The zero-order chi connectivity index (χ0) is 20.2. The van der Waals surface area contributed by atoms with Crippen molar-refractivity contribution in [3.8, 4) is 11.1 Å². The van der Waals surface area contributed by atoms with Gasteiger partial charge in [-0.2, -0.15) is 0 Å². The molecule has 1 atom stereocenters. The number of alkyl carbamates (subject to hydrolysis) is 1. The highest BCUT2D eigenvalue weighted by molar-refractivity contribution is 5.79. The molecule has 0 saturated heterocycles. The molecule has 29 heavy (non-hydrogen) atoms. The largest absolute Gasteiger partial charge is 0.449 e. The van der Waals surface area contributed by atoms with Crippen LogP contribution in [0.2, 0.25) is 0 Å². The maximum atomic E-state index is 13.2. The first kappa shape index (κ1) is 19.2. The van der Waals surface area contributed by atoms with Gasteiger partial charge >= 0.3 is 6.09 Å². The van der Waals surface area contributed by atoms with Crippen LogP contribution in [-0.4, -0.2) is 24.4 Å². The van der Waals surface area contributed by atoms with E-state index >= 15 is 0 Å². The van der Waals surface area contributed by atoms with Gasteiger partial charge in [-0.3, -0.25) is 0 Å². The predicted octanol–water partition coefficient (Wildman–Crippen LogP) is 4.79. The maximum absolute atomic E-state index is 13.2. The molecule has 1 aliphatic carbocycles. The summed E-state index contributed by atoms with van der Waals surface area (Å²) >= 11 is 0. The summed E-state index contributed by atoms with van der Waals surface area (Å²) < 4.78 is 18.7. The molecule has 4 rings (SSSR count). The van der Waals surface area contributed by atoms with Crippen LogP contribution in [0.1, 0.15) is 35.1 Å². The van der Waals surface area contributed by atoms with Crippen molar-refractivity contribution in [3.63, 3.8) is 0 Å². The van der Waals surface area contributed by atoms with Crippen LogP contribution in [0.3, 0.4) is 0 Å². The molecular weight excluding hydrogens is 369 g/mol. The lowest BCUT2D eigenvalue weighted by molar-refractivity contribution is 0.136. The van der Waals surface area contributed by atoms with E-state index in [0.29, 0.717) is 12.0 Å². The fourth-order valence-corrected chi connectivity index (χ4v) is 3.93. The minimum atomic E-state index is -0.561. The Hall–Kier alpha value is -3.18. The standard InChI is InChI=1S/C24H22FNO3/c25-17-11-9-16(10-12-17)23(13-14-27)26-24(28)29-15-22-20-7-3-1-5-18(20)19-6-2-4-8-21(19)22/h1-12,22-23,27H,13-15H2,(H,26,28). The Morgan fingerprint density at radius 1 is 0.966 bits per heavy atom. The quantitative estimate of drug-likeness (QED) is 0.635. The fraction of sp³-hybridized carbons (Fsp3) is 0.208. The first-order chi connectivity index (χ1) is 14.2. The SMILES string of the molecule is O=C(NC(CCO)c1ccc(F)cc1)OCC1c2ccccc2-c2ccccc21. The normalized spacial score (nSPS) is 13.4. The number of nitrogens with one attached hydrogen (secondary N) is 1. The van der Waals surface area contributed by atoms with Gasteiger partial charge in [-0.15, -0.1) is 0 Å². The third-order valence-corrected chi connectivity index (χ3v) is 5.33. The Morgan fingerprint density at radius 3 is 2.14 bits per heavy atom. The summed E-state index contributed by atoms with van der Waals surface area (Å²) in [6.45, 7) is 0.112. The number of hydrogen-bond donors (Lipinski definition) is 2. The van der Waals surface area contributed by atoms with E-state index in [4.69, 9.17) is 4.74 Å². The van der Waals surface area contributed by atoms with Gasteiger partial charge < -0.3 is 15.2 Å². The van der Waals surface area contributed by atoms with Gasteiger partial charge in [0.15, 0.2) is 0 Å². The van der Waals surface area contributed by atoms with Gasteiger partial charge in [0.2, 0.25) is 0 Å². The third-order valence-electron chi connectivity index (χ3n) is 5.33. The lowest BCUT2D eigenvalue weighted by Gasteiger charge is -2.20. The summed E-state index contributed by atoms with van der Waals surface area (Å²) in [4.78, 5) is 12.5. The highest BCUT2D eigenvalue weighted by Gasteiger charge is 2.29. The van der Waals surface area contributed by atoms with Crippen LogP contribution in [0, 0.1) is 5.82 Å². The molecule has 0 spiro atoms.